The Hall–Kier alpha value is -2.04. The molecule has 0 saturated heterocycles. The molecule has 0 radical (unpaired) electrons. The molecule has 2 aromatic rings. The summed E-state index contributed by atoms with van der Waals surface area (Å²) in [6.45, 7) is 4.18. The Morgan fingerprint density at radius 2 is 2.10 bits per heavy atom. The maximum absolute atomic E-state index is 12.2. The number of para-hydroxylation sites is 1. The number of hydrogen-bond donors (Lipinski definition) is 2. The quantitative estimate of drug-likeness (QED) is 0.766. The van der Waals surface area contributed by atoms with Gasteiger partial charge in [0, 0.05) is 6.04 Å². The normalized spacial score (nSPS) is 12.7. The fourth-order valence-electron chi connectivity index (χ4n) is 2.76. The first-order valence-electron chi connectivity index (χ1n) is 7.52. The number of benzene rings is 1. The van der Waals surface area contributed by atoms with Crippen LogP contribution in [0.1, 0.15) is 62.4 Å². The first-order chi connectivity index (χ1) is 10.1. The number of nitrogens with zero attached hydrogens (tertiary/aromatic N) is 1. The predicted octanol–water partition coefficient (Wildman–Crippen LogP) is 3.56. The van der Waals surface area contributed by atoms with Crippen LogP contribution in [0, 0.1) is 0 Å². The van der Waals surface area contributed by atoms with Crippen LogP contribution < -0.4 is 5.69 Å². The zero-order chi connectivity index (χ0) is 15.4. The molecule has 0 amide bonds. The molecule has 2 N–H and O–H groups in total. The number of imidazole rings is 1. The van der Waals surface area contributed by atoms with Crippen molar-refractivity contribution in [3.05, 3.63) is 34.2 Å². The van der Waals surface area contributed by atoms with Gasteiger partial charge < -0.3 is 10.1 Å². The fourth-order valence-corrected chi connectivity index (χ4v) is 2.76. The van der Waals surface area contributed by atoms with Gasteiger partial charge in [-0.05, 0) is 25.5 Å². The Kier molecular flexibility index (Phi) is 4.83. The molecule has 0 spiro atoms. The van der Waals surface area contributed by atoms with Crippen LogP contribution in [0.5, 0.6) is 0 Å². The first-order valence-corrected chi connectivity index (χ1v) is 7.52. The zero-order valence-electron chi connectivity index (χ0n) is 12.6. The highest BCUT2D eigenvalue weighted by molar-refractivity contribution is 6.00. The van der Waals surface area contributed by atoms with E-state index in [1.807, 2.05) is 6.92 Å². The van der Waals surface area contributed by atoms with E-state index in [9.17, 15) is 14.7 Å². The van der Waals surface area contributed by atoms with E-state index < -0.39 is 5.97 Å². The summed E-state index contributed by atoms with van der Waals surface area (Å²) in [5, 5.41) is 9.19. The summed E-state index contributed by atoms with van der Waals surface area (Å²) >= 11 is 0. The van der Waals surface area contributed by atoms with E-state index >= 15 is 0 Å². The molecule has 0 bridgehead atoms. The van der Waals surface area contributed by atoms with E-state index in [1.165, 1.54) is 25.3 Å². The Labute approximate surface area is 123 Å². The van der Waals surface area contributed by atoms with E-state index in [2.05, 4.69) is 11.9 Å². The third-order valence-corrected chi connectivity index (χ3v) is 3.90. The largest absolute Gasteiger partial charge is 0.478 e. The molecule has 5 heteroatoms. The van der Waals surface area contributed by atoms with Crippen LogP contribution in [-0.2, 0) is 0 Å². The number of aromatic amines is 1. The molecule has 5 nitrogen and oxygen atoms in total. The number of aromatic nitrogens is 2. The van der Waals surface area contributed by atoms with Crippen molar-refractivity contribution in [2.24, 2.45) is 0 Å². The summed E-state index contributed by atoms with van der Waals surface area (Å²) in [5.41, 5.74) is 0.988. The van der Waals surface area contributed by atoms with Crippen LogP contribution in [0.4, 0.5) is 0 Å². The molecule has 0 fully saturated rings. The number of H-pyrrole nitrogens is 1. The summed E-state index contributed by atoms with van der Waals surface area (Å²) in [6, 6.07) is 5.05. The predicted molar refractivity (Wildman–Crippen MR) is 83.0 cm³/mol. The number of hydrogen-bond acceptors (Lipinski definition) is 2. The van der Waals surface area contributed by atoms with E-state index in [0.29, 0.717) is 11.0 Å². The van der Waals surface area contributed by atoms with Crippen molar-refractivity contribution < 1.29 is 9.90 Å². The number of rotatable bonds is 7. The van der Waals surface area contributed by atoms with Crippen LogP contribution in [0.15, 0.2) is 23.0 Å². The van der Waals surface area contributed by atoms with E-state index in [4.69, 9.17) is 0 Å². The molecule has 1 heterocycles. The second kappa shape index (κ2) is 6.61. The zero-order valence-corrected chi connectivity index (χ0v) is 12.6. The van der Waals surface area contributed by atoms with Gasteiger partial charge in [-0.2, -0.15) is 0 Å². The van der Waals surface area contributed by atoms with Crippen LogP contribution in [0.3, 0.4) is 0 Å². The molecule has 0 aliphatic rings. The molecule has 0 saturated carbocycles. The van der Waals surface area contributed by atoms with Crippen molar-refractivity contribution in [2.75, 3.05) is 0 Å². The van der Waals surface area contributed by atoms with Crippen molar-refractivity contribution in [2.45, 2.75) is 52.0 Å². The summed E-state index contributed by atoms with van der Waals surface area (Å²) in [5.74, 6) is -1.02. The molecular formula is C16H22N2O3. The van der Waals surface area contributed by atoms with Gasteiger partial charge in [-0.25, -0.2) is 9.59 Å². The third kappa shape index (κ3) is 3.17. The van der Waals surface area contributed by atoms with Crippen molar-refractivity contribution in [3.63, 3.8) is 0 Å². The molecular weight excluding hydrogens is 268 g/mol. The monoisotopic (exact) mass is 290 g/mol. The smallest absolute Gasteiger partial charge is 0.337 e. The number of carbonyl (C=O) groups is 1. The topological polar surface area (TPSA) is 75.1 Å². The number of nitrogens with one attached hydrogen (secondary N) is 1. The lowest BCUT2D eigenvalue weighted by Crippen LogP contribution is -2.20. The number of carboxylic acid groups (broad SMARTS) is 1. The lowest BCUT2D eigenvalue weighted by atomic mass is 10.1. The summed E-state index contributed by atoms with van der Waals surface area (Å²) in [6.07, 6.45) is 5.55. The Morgan fingerprint density at radius 3 is 2.76 bits per heavy atom. The molecule has 0 aliphatic heterocycles. The van der Waals surface area contributed by atoms with Crippen LogP contribution in [0.25, 0.3) is 11.0 Å². The van der Waals surface area contributed by atoms with Crippen molar-refractivity contribution in [1.29, 1.82) is 0 Å². The standard InChI is InChI=1S/C16H22N2O3/c1-3-4-5-6-8-11(2)18-13-10-7-9-12(15(19)20)14(13)17-16(18)21/h7,9-11H,3-6,8H2,1-2H3,(H,17,21)(H,19,20). The summed E-state index contributed by atoms with van der Waals surface area (Å²) < 4.78 is 1.67. The van der Waals surface area contributed by atoms with E-state index in [-0.39, 0.29) is 17.3 Å². The van der Waals surface area contributed by atoms with Crippen molar-refractivity contribution >= 4 is 17.0 Å². The highest BCUT2D eigenvalue weighted by Crippen LogP contribution is 2.22. The van der Waals surface area contributed by atoms with Gasteiger partial charge in [0.2, 0.25) is 0 Å². The van der Waals surface area contributed by atoms with Crippen LogP contribution in [0.2, 0.25) is 0 Å². The molecule has 1 atom stereocenters. The molecule has 1 unspecified atom stereocenters. The molecule has 114 valence electrons. The van der Waals surface area contributed by atoms with Gasteiger partial charge in [0.25, 0.3) is 0 Å². The minimum Gasteiger partial charge on any atom is -0.478 e. The van der Waals surface area contributed by atoms with Crippen LogP contribution >= 0.6 is 0 Å². The molecule has 0 aliphatic carbocycles. The number of fused-ring (bicyclic) bond motifs is 1. The highest BCUT2D eigenvalue weighted by Gasteiger charge is 2.17. The summed E-state index contributed by atoms with van der Waals surface area (Å²) in [4.78, 5) is 26.1. The Bertz CT molecular complexity index is 684. The molecule has 1 aromatic heterocycles. The SMILES string of the molecule is CCCCCCC(C)n1c(=O)[nH]c2c(C(=O)O)cccc21. The van der Waals surface area contributed by atoms with Gasteiger partial charge in [0.1, 0.15) is 0 Å². The number of aromatic carboxylic acids is 1. The van der Waals surface area contributed by atoms with E-state index in [0.717, 1.165) is 12.8 Å². The lowest BCUT2D eigenvalue weighted by molar-refractivity contribution is 0.0699. The van der Waals surface area contributed by atoms with Gasteiger partial charge in [0.15, 0.2) is 0 Å². The van der Waals surface area contributed by atoms with Gasteiger partial charge in [-0.1, -0.05) is 38.7 Å². The molecule has 1 aromatic carbocycles. The van der Waals surface area contributed by atoms with Gasteiger partial charge in [-0.3, -0.25) is 4.57 Å². The fraction of sp³-hybridized carbons (Fsp3) is 0.500. The maximum Gasteiger partial charge on any atom is 0.337 e. The second-order valence-electron chi connectivity index (χ2n) is 5.50. The highest BCUT2D eigenvalue weighted by atomic mass is 16.4. The van der Waals surface area contributed by atoms with E-state index in [1.54, 1.807) is 16.7 Å². The number of unbranched alkanes of at least 4 members (excludes halogenated alkanes) is 3. The van der Waals surface area contributed by atoms with Crippen LogP contribution in [-0.4, -0.2) is 20.6 Å². The third-order valence-electron chi connectivity index (χ3n) is 3.90. The van der Waals surface area contributed by atoms with Gasteiger partial charge >= 0.3 is 11.7 Å². The average molecular weight is 290 g/mol. The minimum atomic E-state index is -1.02. The lowest BCUT2D eigenvalue weighted by Gasteiger charge is -2.13. The average Bonchev–Trinajstić information content (AvgIpc) is 2.78. The summed E-state index contributed by atoms with van der Waals surface area (Å²) in [7, 11) is 0. The Balaban J connectivity index is 2.32. The second-order valence-corrected chi connectivity index (χ2v) is 5.50. The maximum atomic E-state index is 12.2. The minimum absolute atomic E-state index is 0.0622. The molecule has 21 heavy (non-hydrogen) atoms. The van der Waals surface area contributed by atoms with Gasteiger partial charge in [-0.15, -0.1) is 0 Å². The van der Waals surface area contributed by atoms with Crippen molar-refractivity contribution in [3.8, 4) is 0 Å². The first kappa shape index (κ1) is 15.4. The number of carboxylic acids is 1. The Morgan fingerprint density at radius 1 is 1.33 bits per heavy atom. The van der Waals surface area contributed by atoms with Gasteiger partial charge in [0.05, 0.1) is 16.6 Å². The van der Waals surface area contributed by atoms with Crippen molar-refractivity contribution in [1.82, 2.24) is 9.55 Å². The molecule has 2 rings (SSSR count).